The van der Waals surface area contributed by atoms with Gasteiger partial charge in [0.1, 0.15) is 0 Å². The Morgan fingerprint density at radius 1 is 0.750 bits per heavy atom. The van der Waals surface area contributed by atoms with E-state index in [0.29, 0.717) is 0 Å². The zero-order valence-electron chi connectivity index (χ0n) is 4.85. The van der Waals surface area contributed by atoms with Crippen molar-refractivity contribution >= 4 is 24.1 Å². The molecular formula is C5H10O2Ti. The molecule has 0 saturated carbocycles. The molecule has 2 nitrogen and oxygen atoms in total. The summed E-state index contributed by atoms with van der Waals surface area (Å²) in [6.07, 6.45) is 0. The summed E-state index contributed by atoms with van der Waals surface area (Å²) in [5, 5.41) is 0. The number of hydrogen-bond acceptors (Lipinski definition) is 2. The van der Waals surface area contributed by atoms with Gasteiger partial charge in [0.2, 0.25) is 0 Å². The fourth-order valence-corrected chi connectivity index (χ4v) is 0. The molecule has 0 aliphatic carbocycles. The van der Waals surface area contributed by atoms with E-state index in [1.165, 1.54) is 0 Å². The average molecular weight is 150 g/mol. The van der Waals surface area contributed by atoms with Gasteiger partial charge in [-0.05, 0) is 0 Å². The predicted octanol–water partition coefficient (Wildman–Crippen LogP) is -0.402. The van der Waals surface area contributed by atoms with Gasteiger partial charge in [0.05, 0.1) is 0 Å². The third kappa shape index (κ3) is 1090. The van der Waals surface area contributed by atoms with Crippen molar-refractivity contribution in [1.29, 1.82) is 0 Å². The molecule has 0 bridgehead atoms. The van der Waals surface area contributed by atoms with Gasteiger partial charge in [-0.3, -0.25) is 0 Å². The van der Waals surface area contributed by atoms with Gasteiger partial charge in [-0.25, -0.2) is 0 Å². The van der Waals surface area contributed by atoms with Crippen LogP contribution in [0.4, 0.5) is 0 Å². The molecule has 0 aromatic rings. The molecule has 0 spiro atoms. The minimum absolute atomic E-state index is 2.79. The van der Waals surface area contributed by atoms with Crippen LogP contribution in [0.15, 0.2) is 0 Å². The van der Waals surface area contributed by atoms with E-state index in [9.17, 15) is 6.65 Å². The molecule has 0 unspecified atom stereocenters. The fraction of sp³-hybridized carbons (Fsp3) is 0. The zero-order chi connectivity index (χ0) is 7.38. The van der Waals surface area contributed by atoms with Crippen LogP contribution in [0, 0.1) is 0 Å². The quantitative estimate of drug-likeness (QED) is 0.440. The van der Waals surface area contributed by atoms with Gasteiger partial charge in [0.25, 0.3) is 0 Å². The molecule has 0 aromatic heterocycles. The molecule has 0 saturated heterocycles. The van der Waals surface area contributed by atoms with Crippen LogP contribution < -0.4 is 0 Å². The SMILES string of the molecule is [CH2]=[Ti](=[CH2])(=[CH2])(=[CH2])(=[CH2])(=[O])=[O]. The van der Waals surface area contributed by atoms with Crippen molar-refractivity contribution in [2.24, 2.45) is 0 Å². The Bertz CT molecular complexity index is 638. The number of rotatable bonds is 0. The molecule has 8 heavy (non-hydrogen) atoms. The Morgan fingerprint density at radius 2 is 0.750 bits per heavy atom. The first kappa shape index (κ1) is 7.66. The van der Waals surface area contributed by atoms with Gasteiger partial charge in [0, 0.05) is 0 Å². The molecular weight excluding hydrogens is 140 g/mol. The molecule has 0 atom stereocenters. The van der Waals surface area contributed by atoms with Crippen molar-refractivity contribution < 1.29 is 17.0 Å². The molecule has 0 heterocycles. The molecule has 0 amide bonds. The van der Waals surface area contributed by atoms with E-state index in [2.05, 4.69) is 24.1 Å². The zero-order valence-corrected chi connectivity index (χ0v) is 6.41. The van der Waals surface area contributed by atoms with Crippen molar-refractivity contribution in [3.63, 3.8) is 0 Å². The van der Waals surface area contributed by atoms with E-state index >= 15 is 0 Å². The second-order valence-corrected chi connectivity index (χ2v) is 16.6. The van der Waals surface area contributed by atoms with E-state index in [1.54, 1.807) is 0 Å². The van der Waals surface area contributed by atoms with Crippen LogP contribution in [0.1, 0.15) is 0 Å². The van der Waals surface area contributed by atoms with Gasteiger partial charge < -0.3 is 0 Å². The monoisotopic (exact) mass is 150 g/mol. The summed E-state index contributed by atoms with van der Waals surface area (Å²) in [5.41, 5.74) is 0. The second kappa shape index (κ2) is 0.501. The topological polar surface area (TPSA) is 34.1 Å². The molecule has 0 aliphatic rings. The van der Waals surface area contributed by atoms with Crippen molar-refractivity contribution in [2.45, 2.75) is 0 Å². The van der Waals surface area contributed by atoms with Crippen LogP contribution in [-0.2, 0) is 17.0 Å². The van der Waals surface area contributed by atoms with Gasteiger partial charge in [0.15, 0.2) is 0 Å². The van der Waals surface area contributed by atoms with E-state index in [0.717, 1.165) is 0 Å². The Balaban J connectivity index is 10.3. The molecule has 0 fully saturated rings. The molecule has 46 valence electrons. The van der Waals surface area contributed by atoms with E-state index < -0.39 is 10.4 Å². The molecule has 0 aliphatic heterocycles. The van der Waals surface area contributed by atoms with Crippen molar-refractivity contribution in [2.75, 3.05) is 0 Å². The van der Waals surface area contributed by atoms with Gasteiger partial charge >= 0.3 is 41.1 Å². The van der Waals surface area contributed by atoms with Gasteiger partial charge in [-0.1, -0.05) is 0 Å². The number of hydrogen-bond donors (Lipinski definition) is 0. The standard InChI is InChI=1S/5CH2.2O.Ti/h5*1H2;;;. The summed E-state index contributed by atoms with van der Waals surface area (Å²) in [6.45, 7) is 0. The van der Waals surface area contributed by atoms with Crippen LogP contribution in [0.2, 0.25) is 0 Å². The summed E-state index contributed by atoms with van der Waals surface area (Å²) in [5.74, 6) is 0. The Morgan fingerprint density at radius 3 is 0.750 bits per heavy atom. The average Bonchev–Trinajstić information content (AvgIpc) is 0.544. The first-order valence-electron chi connectivity index (χ1n) is 2.18. The summed E-state index contributed by atoms with van der Waals surface area (Å²) in [6, 6.07) is 0. The van der Waals surface area contributed by atoms with Crippen LogP contribution in [0.3, 0.4) is 0 Å². The fourth-order valence-electron chi connectivity index (χ4n) is 0. The summed E-state index contributed by atoms with van der Waals surface area (Å²) >= 11 is 0. The Labute approximate surface area is 41.5 Å². The van der Waals surface area contributed by atoms with Gasteiger partial charge in [-0.15, -0.1) is 0 Å². The Hall–Kier alpha value is -0.336. The Kier molecular flexibility index (Phi) is 0.480. The normalized spacial score (nSPS) is 7.88. The molecule has 0 radical (unpaired) electrons. The van der Waals surface area contributed by atoms with Crippen LogP contribution >= 0.6 is 0 Å². The first-order chi connectivity index (χ1) is 2.65. The third-order valence-electron chi connectivity index (χ3n) is 0. The third-order valence-corrected chi connectivity index (χ3v) is 0. The van der Waals surface area contributed by atoms with E-state index in [-0.39, 0.29) is 0 Å². The van der Waals surface area contributed by atoms with Crippen molar-refractivity contribution in [1.82, 2.24) is 0 Å². The van der Waals surface area contributed by atoms with Crippen LogP contribution in [-0.4, -0.2) is 24.1 Å². The summed E-state index contributed by atoms with van der Waals surface area (Å²) in [4.78, 5) is 13.9. The molecule has 0 rings (SSSR count). The van der Waals surface area contributed by atoms with Gasteiger partial charge in [-0.2, -0.15) is 0 Å². The van der Waals surface area contributed by atoms with E-state index in [1.807, 2.05) is 0 Å². The minimum atomic E-state index is -6.46. The summed E-state index contributed by atoms with van der Waals surface area (Å²) < 4.78 is 21.8. The van der Waals surface area contributed by atoms with Crippen molar-refractivity contribution in [3.05, 3.63) is 0 Å². The molecule has 3 heteroatoms. The van der Waals surface area contributed by atoms with E-state index in [4.69, 9.17) is 0 Å². The maximum atomic E-state index is 10.9. The maximum absolute atomic E-state index is 10.9. The predicted molar refractivity (Wildman–Crippen MR) is 37.0 cm³/mol. The summed E-state index contributed by atoms with van der Waals surface area (Å²) in [7, 11) is -6.46. The molecule has 0 N–H and O–H groups in total. The van der Waals surface area contributed by atoms with Crippen molar-refractivity contribution in [3.8, 4) is 0 Å². The molecule has 0 aromatic carbocycles. The van der Waals surface area contributed by atoms with Crippen LogP contribution in [0.5, 0.6) is 0 Å². The first-order valence-corrected chi connectivity index (χ1v) is 8.97. The second-order valence-electron chi connectivity index (χ2n) is 4.03. The van der Waals surface area contributed by atoms with Crippen LogP contribution in [0.25, 0.3) is 0 Å².